The van der Waals surface area contributed by atoms with Crippen molar-refractivity contribution in [2.45, 2.75) is 33.1 Å². The van der Waals surface area contributed by atoms with Crippen LogP contribution in [0.4, 0.5) is 4.39 Å². The van der Waals surface area contributed by atoms with E-state index in [-0.39, 0.29) is 11.2 Å². The summed E-state index contributed by atoms with van der Waals surface area (Å²) >= 11 is 0. The summed E-state index contributed by atoms with van der Waals surface area (Å²) in [6.07, 6.45) is 2.92. The van der Waals surface area contributed by atoms with Crippen LogP contribution in [-0.2, 0) is 0 Å². The SMILES string of the molecule is CCC(CC)(CN)CCOc1ccccc1F. The van der Waals surface area contributed by atoms with Crippen molar-refractivity contribution >= 4 is 0 Å². The first kappa shape index (κ1) is 14.0. The molecule has 1 rings (SSSR count). The van der Waals surface area contributed by atoms with Gasteiger partial charge in [0.1, 0.15) is 0 Å². The predicted octanol–water partition coefficient (Wildman–Crippen LogP) is 3.36. The van der Waals surface area contributed by atoms with Crippen LogP contribution in [-0.4, -0.2) is 13.2 Å². The van der Waals surface area contributed by atoms with E-state index in [0.29, 0.717) is 18.9 Å². The minimum Gasteiger partial charge on any atom is -0.490 e. The third-order valence-electron chi connectivity index (χ3n) is 3.66. The number of hydrogen-bond donors (Lipinski definition) is 1. The molecule has 0 atom stereocenters. The van der Waals surface area contributed by atoms with Crippen LogP contribution in [0.3, 0.4) is 0 Å². The Labute approximate surface area is 103 Å². The molecule has 0 aliphatic heterocycles. The second-order valence-corrected chi connectivity index (χ2v) is 4.44. The standard InChI is InChI=1S/C14H22FNO/c1-3-14(4-2,11-16)9-10-17-13-8-6-5-7-12(13)15/h5-8H,3-4,9-11,16H2,1-2H3. The van der Waals surface area contributed by atoms with Gasteiger partial charge in [0, 0.05) is 0 Å². The molecular weight excluding hydrogens is 217 g/mol. The van der Waals surface area contributed by atoms with Crippen LogP contribution >= 0.6 is 0 Å². The minimum atomic E-state index is -0.307. The van der Waals surface area contributed by atoms with Crippen molar-refractivity contribution < 1.29 is 9.13 Å². The first-order chi connectivity index (χ1) is 8.17. The van der Waals surface area contributed by atoms with Crippen molar-refractivity contribution in [1.82, 2.24) is 0 Å². The van der Waals surface area contributed by atoms with Crippen LogP contribution in [0, 0.1) is 11.2 Å². The maximum Gasteiger partial charge on any atom is 0.165 e. The smallest absolute Gasteiger partial charge is 0.165 e. The van der Waals surface area contributed by atoms with Crippen LogP contribution in [0.1, 0.15) is 33.1 Å². The zero-order chi connectivity index (χ0) is 12.7. The molecule has 0 heterocycles. The Kier molecular flexibility index (Phi) is 5.42. The molecule has 17 heavy (non-hydrogen) atoms. The highest BCUT2D eigenvalue weighted by molar-refractivity contribution is 5.23. The van der Waals surface area contributed by atoms with Crippen molar-refractivity contribution in [1.29, 1.82) is 0 Å². The fourth-order valence-electron chi connectivity index (χ4n) is 1.93. The lowest BCUT2D eigenvalue weighted by Gasteiger charge is -2.29. The zero-order valence-corrected chi connectivity index (χ0v) is 10.7. The lowest BCUT2D eigenvalue weighted by atomic mass is 9.80. The highest BCUT2D eigenvalue weighted by Crippen LogP contribution is 2.29. The Morgan fingerprint density at radius 2 is 1.88 bits per heavy atom. The number of para-hydroxylation sites is 1. The molecule has 0 bridgehead atoms. The third-order valence-corrected chi connectivity index (χ3v) is 3.66. The molecular formula is C14H22FNO. The third kappa shape index (κ3) is 3.70. The molecule has 0 aliphatic rings. The molecule has 0 unspecified atom stereocenters. The van der Waals surface area contributed by atoms with E-state index >= 15 is 0 Å². The molecule has 96 valence electrons. The number of halogens is 1. The van der Waals surface area contributed by atoms with Gasteiger partial charge in [0.15, 0.2) is 11.6 Å². The second-order valence-electron chi connectivity index (χ2n) is 4.44. The monoisotopic (exact) mass is 239 g/mol. The van der Waals surface area contributed by atoms with Gasteiger partial charge < -0.3 is 10.5 Å². The molecule has 2 nitrogen and oxygen atoms in total. The summed E-state index contributed by atoms with van der Waals surface area (Å²) in [7, 11) is 0. The number of ether oxygens (including phenoxy) is 1. The molecule has 0 radical (unpaired) electrons. The van der Waals surface area contributed by atoms with Gasteiger partial charge in [-0.05, 0) is 43.4 Å². The molecule has 0 saturated heterocycles. The second kappa shape index (κ2) is 6.60. The molecule has 0 aromatic heterocycles. The normalized spacial score (nSPS) is 11.5. The average molecular weight is 239 g/mol. The summed E-state index contributed by atoms with van der Waals surface area (Å²) in [6.45, 7) is 5.44. The van der Waals surface area contributed by atoms with Crippen LogP contribution in [0.5, 0.6) is 5.75 Å². The predicted molar refractivity (Wildman–Crippen MR) is 68.6 cm³/mol. The van der Waals surface area contributed by atoms with Gasteiger partial charge >= 0.3 is 0 Å². The summed E-state index contributed by atoms with van der Waals surface area (Å²) in [5.74, 6) is 0.0180. The van der Waals surface area contributed by atoms with Gasteiger partial charge in [0.05, 0.1) is 6.61 Å². The number of nitrogens with two attached hydrogens (primary N) is 1. The van der Waals surface area contributed by atoms with Gasteiger partial charge in [-0.15, -0.1) is 0 Å². The Morgan fingerprint density at radius 3 is 2.41 bits per heavy atom. The summed E-state index contributed by atoms with van der Waals surface area (Å²) in [5.41, 5.74) is 5.94. The summed E-state index contributed by atoms with van der Waals surface area (Å²) < 4.78 is 18.8. The molecule has 3 heteroatoms. The summed E-state index contributed by atoms with van der Waals surface area (Å²) in [6, 6.07) is 6.49. The summed E-state index contributed by atoms with van der Waals surface area (Å²) in [5, 5.41) is 0. The van der Waals surface area contributed by atoms with Gasteiger partial charge in [0.2, 0.25) is 0 Å². The highest BCUT2D eigenvalue weighted by atomic mass is 19.1. The first-order valence-electron chi connectivity index (χ1n) is 6.25. The topological polar surface area (TPSA) is 35.2 Å². The van der Waals surface area contributed by atoms with Crippen LogP contribution in [0.2, 0.25) is 0 Å². The molecule has 0 amide bonds. The van der Waals surface area contributed by atoms with Gasteiger partial charge in [-0.25, -0.2) is 4.39 Å². The van der Waals surface area contributed by atoms with Crippen LogP contribution < -0.4 is 10.5 Å². The average Bonchev–Trinajstić information content (AvgIpc) is 2.37. The molecule has 0 spiro atoms. The Morgan fingerprint density at radius 1 is 1.24 bits per heavy atom. The molecule has 0 aliphatic carbocycles. The molecule has 2 N–H and O–H groups in total. The van der Waals surface area contributed by atoms with E-state index in [4.69, 9.17) is 10.5 Å². The fourth-order valence-corrected chi connectivity index (χ4v) is 1.93. The largest absolute Gasteiger partial charge is 0.490 e. The van der Waals surface area contributed by atoms with E-state index in [1.165, 1.54) is 6.07 Å². The maximum atomic E-state index is 13.3. The van der Waals surface area contributed by atoms with E-state index in [1.807, 2.05) is 0 Å². The van der Waals surface area contributed by atoms with Gasteiger partial charge in [-0.3, -0.25) is 0 Å². The van der Waals surface area contributed by atoms with Crippen molar-refractivity contribution in [2.75, 3.05) is 13.2 Å². The fraction of sp³-hybridized carbons (Fsp3) is 0.571. The van der Waals surface area contributed by atoms with E-state index in [1.54, 1.807) is 18.2 Å². The lowest BCUT2D eigenvalue weighted by molar-refractivity contribution is 0.183. The van der Waals surface area contributed by atoms with Gasteiger partial charge in [-0.1, -0.05) is 26.0 Å². The van der Waals surface area contributed by atoms with Crippen LogP contribution in [0.25, 0.3) is 0 Å². The van der Waals surface area contributed by atoms with Crippen LogP contribution in [0.15, 0.2) is 24.3 Å². The molecule has 1 aromatic rings. The van der Waals surface area contributed by atoms with Crippen molar-refractivity contribution in [3.8, 4) is 5.75 Å². The van der Waals surface area contributed by atoms with E-state index in [9.17, 15) is 4.39 Å². The van der Waals surface area contributed by atoms with Gasteiger partial charge in [-0.2, -0.15) is 0 Å². The maximum absolute atomic E-state index is 13.3. The number of benzene rings is 1. The zero-order valence-electron chi connectivity index (χ0n) is 10.7. The lowest BCUT2D eigenvalue weighted by Crippen LogP contribution is -2.31. The van der Waals surface area contributed by atoms with Gasteiger partial charge in [0.25, 0.3) is 0 Å². The Bertz CT molecular complexity index is 328. The van der Waals surface area contributed by atoms with Crippen molar-refractivity contribution in [3.63, 3.8) is 0 Å². The highest BCUT2D eigenvalue weighted by Gasteiger charge is 2.24. The number of hydrogen-bond acceptors (Lipinski definition) is 2. The van der Waals surface area contributed by atoms with E-state index < -0.39 is 0 Å². The van der Waals surface area contributed by atoms with Crippen molar-refractivity contribution in [3.05, 3.63) is 30.1 Å². The van der Waals surface area contributed by atoms with E-state index in [2.05, 4.69) is 13.8 Å². The Hall–Kier alpha value is -1.09. The summed E-state index contributed by atoms with van der Waals surface area (Å²) in [4.78, 5) is 0. The first-order valence-corrected chi connectivity index (χ1v) is 6.25. The number of rotatable bonds is 7. The molecule has 0 fully saturated rings. The quantitative estimate of drug-likeness (QED) is 0.792. The van der Waals surface area contributed by atoms with E-state index in [0.717, 1.165) is 19.3 Å². The molecule has 1 aromatic carbocycles. The molecule has 0 saturated carbocycles. The van der Waals surface area contributed by atoms with Crippen molar-refractivity contribution in [2.24, 2.45) is 11.1 Å². The minimum absolute atomic E-state index is 0.130. The Balaban J connectivity index is 2.49.